The topological polar surface area (TPSA) is 80.7 Å². The zero-order chi connectivity index (χ0) is 20.7. The number of ether oxygens (including phenoxy) is 2. The average molecular weight is 418 g/mol. The number of hydrogen-bond acceptors (Lipinski definition) is 7. The SMILES string of the molecule is COC(=O)COc1ccccc1CC(C)NCC(O)c1csc(C(F)(F)F)n1. The number of hydrogen-bond donors (Lipinski definition) is 2. The Bertz CT molecular complexity index is 782. The Morgan fingerprint density at radius 3 is 2.71 bits per heavy atom. The summed E-state index contributed by atoms with van der Waals surface area (Å²) in [4.78, 5) is 14.7. The summed E-state index contributed by atoms with van der Waals surface area (Å²) in [7, 11) is 1.27. The molecule has 0 bridgehead atoms. The number of carbonyl (C=O) groups excluding carboxylic acids is 1. The van der Waals surface area contributed by atoms with Crippen LogP contribution in [0.3, 0.4) is 0 Å². The largest absolute Gasteiger partial charge is 0.482 e. The number of esters is 1. The van der Waals surface area contributed by atoms with E-state index in [1.54, 1.807) is 12.1 Å². The number of thiazole rings is 1. The monoisotopic (exact) mass is 418 g/mol. The first-order valence-electron chi connectivity index (χ1n) is 8.42. The molecule has 154 valence electrons. The molecule has 2 unspecified atom stereocenters. The Morgan fingerprint density at radius 1 is 1.36 bits per heavy atom. The lowest BCUT2D eigenvalue weighted by Crippen LogP contribution is -2.32. The van der Waals surface area contributed by atoms with Gasteiger partial charge in [0.25, 0.3) is 0 Å². The predicted molar refractivity (Wildman–Crippen MR) is 97.2 cm³/mol. The molecule has 0 aliphatic heterocycles. The van der Waals surface area contributed by atoms with Crippen molar-refractivity contribution in [2.75, 3.05) is 20.3 Å². The summed E-state index contributed by atoms with van der Waals surface area (Å²) < 4.78 is 47.8. The fraction of sp³-hybridized carbons (Fsp3) is 0.444. The number of rotatable bonds is 9. The molecule has 2 rings (SSSR count). The van der Waals surface area contributed by atoms with Crippen molar-refractivity contribution in [1.82, 2.24) is 10.3 Å². The third kappa shape index (κ3) is 6.47. The lowest BCUT2D eigenvalue weighted by Gasteiger charge is -2.18. The van der Waals surface area contributed by atoms with Crippen LogP contribution in [0.5, 0.6) is 5.75 Å². The third-order valence-electron chi connectivity index (χ3n) is 3.84. The minimum Gasteiger partial charge on any atom is -0.482 e. The van der Waals surface area contributed by atoms with Crippen LogP contribution >= 0.6 is 11.3 Å². The molecular formula is C18H21F3N2O4S. The molecule has 1 aromatic heterocycles. The number of carbonyl (C=O) groups is 1. The maximum atomic E-state index is 12.6. The summed E-state index contributed by atoms with van der Waals surface area (Å²) in [5.74, 6) is 0.0435. The molecule has 0 saturated carbocycles. The second-order valence-corrected chi connectivity index (χ2v) is 6.94. The van der Waals surface area contributed by atoms with E-state index in [0.717, 1.165) is 5.56 Å². The van der Waals surface area contributed by atoms with E-state index in [9.17, 15) is 23.1 Å². The van der Waals surface area contributed by atoms with Crippen LogP contribution < -0.4 is 10.1 Å². The van der Waals surface area contributed by atoms with Crippen LogP contribution in [0.4, 0.5) is 13.2 Å². The van der Waals surface area contributed by atoms with Gasteiger partial charge in [0.1, 0.15) is 11.9 Å². The van der Waals surface area contributed by atoms with Gasteiger partial charge in [0.2, 0.25) is 0 Å². The number of alkyl halides is 3. The average Bonchev–Trinajstić information content (AvgIpc) is 3.16. The number of nitrogens with zero attached hydrogens (tertiary/aromatic N) is 1. The van der Waals surface area contributed by atoms with Crippen LogP contribution in [0.1, 0.15) is 29.3 Å². The van der Waals surface area contributed by atoms with Gasteiger partial charge in [-0.15, -0.1) is 11.3 Å². The summed E-state index contributed by atoms with van der Waals surface area (Å²) in [6.07, 6.45) is -5.15. The summed E-state index contributed by atoms with van der Waals surface area (Å²) in [5, 5.41) is 13.4. The van der Waals surface area contributed by atoms with Crippen LogP contribution in [0.2, 0.25) is 0 Å². The van der Waals surface area contributed by atoms with Crippen molar-refractivity contribution in [3.8, 4) is 5.75 Å². The molecular weight excluding hydrogens is 397 g/mol. The minimum atomic E-state index is -4.52. The third-order valence-corrected chi connectivity index (χ3v) is 4.74. The number of nitrogens with one attached hydrogen (secondary N) is 1. The number of aliphatic hydroxyl groups excluding tert-OH is 1. The smallest absolute Gasteiger partial charge is 0.443 e. The second kappa shape index (κ2) is 9.85. The zero-order valence-electron chi connectivity index (χ0n) is 15.3. The van der Waals surface area contributed by atoms with Gasteiger partial charge in [-0.3, -0.25) is 0 Å². The van der Waals surface area contributed by atoms with Crippen molar-refractivity contribution in [2.45, 2.75) is 31.7 Å². The Balaban J connectivity index is 1.89. The van der Waals surface area contributed by atoms with E-state index in [4.69, 9.17) is 4.74 Å². The van der Waals surface area contributed by atoms with Crippen molar-refractivity contribution in [2.24, 2.45) is 0 Å². The summed E-state index contributed by atoms with van der Waals surface area (Å²) in [6, 6.07) is 7.07. The van der Waals surface area contributed by atoms with E-state index >= 15 is 0 Å². The fourth-order valence-electron chi connectivity index (χ4n) is 2.40. The first-order valence-corrected chi connectivity index (χ1v) is 9.30. The maximum absolute atomic E-state index is 12.6. The quantitative estimate of drug-likeness (QED) is 0.610. The van der Waals surface area contributed by atoms with Crippen molar-refractivity contribution in [3.63, 3.8) is 0 Å². The number of para-hydroxylation sites is 1. The lowest BCUT2D eigenvalue weighted by molar-refractivity contribution is -0.143. The van der Waals surface area contributed by atoms with Gasteiger partial charge in [0.15, 0.2) is 11.6 Å². The van der Waals surface area contributed by atoms with Gasteiger partial charge in [0, 0.05) is 18.0 Å². The molecule has 1 aromatic carbocycles. The van der Waals surface area contributed by atoms with Crippen molar-refractivity contribution < 1.29 is 32.5 Å². The Morgan fingerprint density at radius 2 is 2.07 bits per heavy atom. The molecule has 0 amide bonds. The molecule has 0 spiro atoms. The number of benzene rings is 1. The predicted octanol–water partition coefficient (Wildman–Crippen LogP) is 2.97. The lowest BCUT2D eigenvalue weighted by atomic mass is 10.1. The highest BCUT2D eigenvalue weighted by Crippen LogP contribution is 2.32. The van der Waals surface area contributed by atoms with Gasteiger partial charge in [-0.05, 0) is 25.0 Å². The van der Waals surface area contributed by atoms with Crippen LogP contribution in [-0.2, 0) is 22.1 Å². The molecule has 0 saturated heterocycles. The highest BCUT2D eigenvalue weighted by atomic mass is 32.1. The van der Waals surface area contributed by atoms with E-state index in [1.165, 1.54) is 12.5 Å². The van der Waals surface area contributed by atoms with Crippen molar-refractivity contribution in [1.29, 1.82) is 0 Å². The standard InChI is InChI=1S/C18H21F3N2O4S/c1-11(7-12-5-3-4-6-15(12)27-9-16(25)26-2)22-8-14(24)13-10-28-17(23-13)18(19,20)21/h3-6,10-11,14,22,24H,7-9H2,1-2H3. The molecule has 2 atom stereocenters. The van der Waals surface area contributed by atoms with E-state index < -0.39 is 23.3 Å². The van der Waals surface area contributed by atoms with Crippen molar-refractivity contribution in [3.05, 3.63) is 45.9 Å². The van der Waals surface area contributed by atoms with Crippen LogP contribution in [-0.4, -0.2) is 42.4 Å². The molecule has 2 aromatic rings. The summed E-state index contributed by atoms with van der Waals surface area (Å²) >= 11 is 0.455. The van der Waals surface area contributed by atoms with Crippen LogP contribution in [0, 0.1) is 0 Å². The highest BCUT2D eigenvalue weighted by molar-refractivity contribution is 7.09. The normalized spacial score (nSPS) is 13.8. The van der Waals surface area contributed by atoms with Crippen molar-refractivity contribution >= 4 is 17.3 Å². The highest BCUT2D eigenvalue weighted by Gasteiger charge is 2.35. The molecule has 10 heteroatoms. The molecule has 0 aliphatic rings. The molecule has 0 aliphatic carbocycles. The van der Waals surface area contributed by atoms with Gasteiger partial charge in [-0.1, -0.05) is 18.2 Å². The Labute approximate surface area is 164 Å². The molecule has 1 heterocycles. The zero-order valence-corrected chi connectivity index (χ0v) is 16.1. The number of aliphatic hydroxyl groups is 1. The minimum absolute atomic E-state index is 0.0150. The maximum Gasteiger partial charge on any atom is 0.443 e. The molecule has 0 radical (unpaired) electrons. The first kappa shape index (κ1) is 22.1. The van der Waals surface area contributed by atoms with Gasteiger partial charge in [0.05, 0.1) is 12.8 Å². The van der Waals surface area contributed by atoms with Gasteiger partial charge in [-0.2, -0.15) is 13.2 Å². The Hall–Kier alpha value is -2.17. The van der Waals surface area contributed by atoms with Gasteiger partial charge < -0.3 is 19.9 Å². The Kier molecular flexibility index (Phi) is 7.78. The van der Waals surface area contributed by atoms with Crippen LogP contribution in [0.25, 0.3) is 0 Å². The second-order valence-electron chi connectivity index (χ2n) is 6.08. The van der Waals surface area contributed by atoms with Gasteiger partial charge in [-0.25, -0.2) is 9.78 Å². The first-order chi connectivity index (χ1) is 13.2. The fourth-order valence-corrected chi connectivity index (χ4v) is 3.13. The van der Waals surface area contributed by atoms with E-state index in [0.29, 0.717) is 23.5 Å². The van der Waals surface area contributed by atoms with E-state index in [2.05, 4.69) is 15.0 Å². The van der Waals surface area contributed by atoms with Crippen LogP contribution in [0.15, 0.2) is 29.6 Å². The number of halogens is 3. The van der Waals surface area contributed by atoms with Gasteiger partial charge >= 0.3 is 12.1 Å². The molecule has 28 heavy (non-hydrogen) atoms. The molecule has 6 nitrogen and oxygen atoms in total. The number of aromatic nitrogens is 1. The summed E-state index contributed by atoms with van der Waals surface area (Å²) in [5.41, 5.74) is 0.827. The number of methoxy groups -OCH3 is 1. The van der Waals surface area contributed by atoms with E-state index in [-0.39, 0.29) is 24.9 Å². The summed E-state index contributed by atoms with van der Waals surface area (Å²) in [6.45, 7) is 1.71. The van der Waals surface area contributed by atoms with E-state index in [1.807, 2.05) is 19.1 Å². The molecule has 2 N–H and O–H groups in total. The molecule has 0 fully saturated rings.